The van der Waals surface area contributed by atoms with E-state index in [0.29, 0.717) is 28.4 Å². The predicted octanol–water partition coefficient (Wildman–Crippen LogP) is 3.38. The lowest BCUT2D eigenvalue weighted by Gasteiger charge is -2.27. The van der Waals surface area contributed by atoms with Gasteiger partial charge in [-0.1, -0.05) is 11.6 Å². The summed E-state index contributed by atoms with van der Waals surface area (Å²) in [5.74, 6) is -2.05. The summed E-state index contributed by atoms with van der Waals surface area (Å²) in [5, 5.41) is 0.534. The smallest absolute Gasteiger partial charge is 0.239 e. The van der Waals surface area contributed by atoms with Crippen molar-refractivity contribution in [1.82, 2.24) is 4.90 Å². The van der Waals surface area contributed by atoms with Crippen LogP contribution in [0.5, 0.6) is 0 Å². The Hall–Kier alpha value is -2.83. The monoisotopic (exact) mass is 436 g/mol. The molecule has 0 spiro atoms. The van der Waals surface area contributed by atoms with Crippen LogP contribution in [-0.2, 0) is 9.59 Å². The number of halogens is 1. The van der Waals surface area contributed by atoms with E-state index in [4.69, 9.17) is 11.6 Å². The van der Waals surface area contributed by atoms with E-state index in [9.17, 15) is 19.2 Å². The van der Waals surface area contributed by atoms with Gasteiger partial charge in [-0.3, -0.25) is 24.1 Å². The van der Waals surface area contributed by atoms with E-state index < -0.39 is 17.9 Å². The minimum absolute atomic E-state index is 0.0854. The Morgan fingerprint density at radius 1 is 0.903 bits per heavy atom. The first-order valence-corrected chi connectivity index (χ1v) is 10.8. The van der Waals surface area contributed by atoms with Crippen LogP contribution in [0.4, 0.5) is 5.69 Å². The highest BCUT2D eigenvalue weighted by atomic mass is 35.5. The number of imide groups is 1. The van der Waals surface area contributed by atoms with Gasteiger partial charge in [0.05, 0.1) is 23.6 Å². The predicted molar refractivity (Wildman–Crippen MR) is 115 cm³/mol. The highest BCUT2D eigenvalue weighted by molar-refractivity contribution is 6.30. The summed E-state index contributed by atoms with van der Waals surface area (Å²) in [6, 6.07) is 12.4. The molecule has 2 aromatic carbocycles. The molecule has 0 N–H and O–H groups in total. The van der Waals surface area contributed by atoms with E-state index >= 15 is 0 Å². The van der Waals surface area contributed by atoms with Crippen LogP contribution in [0, 0.1) is 11.8 Å². The van der Waals surface area contributed by atoms with Crippen molar-refractivity contribution in [2.24, 2.45) is 11.8 Å². The molecule has 0 radical (unpaired) electrons. The van der Waals surface area contributed by atoms with E-state index in [0.717, 1.165) is 12.8 Å². The van der Waals surface area contributed by atoms with Crippen molar-refractivity contribution in [3.63, 3.8) is 0 Å². The van der Waals surface area contributed by atoms with E-state index in [1.807, 2.05) is 0 Å². The maximum Gasteiger partial charge on any atom is 0.239 e. The quantitative estimate of drug-likeness (QED) is 0.542. The molecule has 3 aliphatic heterocycles. The Balaban J connectivity index is 1.52. The molecule has 7 heteroatoms. The van der Waals surface area contributed by atoms with Crippen molar-refractivity contribution in [2.75, 3.05) is 11.4 Å². The number of fused-ring (bicyclic) bond motifs is 3. The summed E-state index contributed by atoms with van der Waals surface area (Å²) >= 11 is 5.97. The number of carbonyl (C=O) groups is 4. The Kier molecular flexibility index (Phi) is 4.79. The molecule has 3 saturated heterocycles. The average molecular weight is 437 g/mol. The number of ketones is 2. The fraction of sp³-hybridized carbons (Fsp3) is 0.333. The number of rotatable bonds is 4. The number of carbonyl (C=O) groups excluding carboxylic acids is 4. The number of Topliss-reactive ketones (excluding diaryl/α,β-unsaturated/α-hetero) is 2. The molecular weight excluding hydrogens is 416 g/mol. The van der Waals surface area contributed by atoms with Crippen molar-refractivity contribution >= 4 is 40.7 Å². The van der Waals surface area contributed by atoms with Crippen LogP contribution in [0.1, 0.15) is 40.5 Å². The second-order valence-corrected chi connectivity index (χ2v) is 8.87. The molecule has 3 fully saturated rings. The Morgan fingerprint density at radius 3 is 2.16 bits per heavy atom. The Bertz CT molecular complexity index is 1100. The first-order valence-electron chi connectivity index (χ1n) is 10.4. The van der Waals surface area contributed by atoms with E-state index in [2.05, 4.69) is 4.90 Å². The molecular formula is C24H21ClN2O4. The van der Waals surface area contributed by atoms with Gasteiger partial charge in [-0.15, -0.1) is 0 Å². The molecule has 31 heavy (non-hydrogen) atoms. The highest BCUT2D eigenvalue weighted by Crippen LogP contribution is 2.48. The third-order valence-corrected chi connectivity index (χ3v) is 7.03. The fourth-order valence-electron chi connectivity index (χ4n) is 5.40. The largest absolute Gasteiger partial charge is 0.295 e. The molecule has 158 valence electrons. The van der Waals surface area contributed by atoms with Gasteiger partial charge < -0.3 is 0 Å². The molecule has 2 amide bonds. The van der Waals surface area contributed by atoms with Crippen LogP contribution in [0.25, 0.3) is 0 Å². The van der Waals surface area contributed by atoms with Gasteiger partial charge in [0.25, 0.3) is 0 Å². The fourth-order valence-corrected chi connectivity index (χ4v) is 5.53. The van der Waals surface area contributed by atoms with Crippen molar-refractivity contribution in [3.05, 3.63) is 64.7 Å². The SMILES string of the molecule is CC(=O)c1ccc(N2C(=O)[C@H]3[C@H](C2=O)[C@H](C(=O)c2ccc(Cl)cc2)N2CCC[C@H]32)cc1. The van der Waals surface area contributed by atoms with Crippen LogP contribution < -0.4 is 4.90 Å². The van der Waals surface area contributed by atoms with Gasteiger partial charge in [-0.2, -0.15) is 0 Å². The third-order valence-electron chi connectivity index (χ3n) is 6.78. The molecule has 4 atom stereocenters. The lowest BCUT2D eigenvalue weighted by Crippen LogP contribution is -2.46. The number of anilines is 1. The van der Waals surface area contributed by atoms with Crippen molar-refractivity contribution in [1.29, 1.82) is 0 Å². The molecule has 6 nitrogen and oxygen atoms in total. The number of hydrogen-bond acceptors (Lipinski definition) is 5. The van der Waals surface area contributed by atoms with Crippen LogP contribution in [-0.4, -0.2) is 46.9 Å². The van der Waals surface area contributed by atoms with Crippen LogP contribution in [0.3, 0.4) is 0 Å². The zero-order valence-corrected chi connectivity index (χ0v) is 17.7. The molecule has 2 aromatic rings. The van der Waals surface area contributed by atoms with E-state index in [-0.39, 0.29) is 29.4 Å². The molecule has 0 aliphatic carbocycles. The minimum Gasteiger partial charge on any atom is -0.295 e. The molecule has 3 heterocycles. The summed E-state index contributed by atoms with van der Waals surface area (Å²) in [7, 11) is 0. The molecule has 3 aliphatic rings. The molecule has 5 rings (SSSR count). The number of amides is 2. The molecule has 0 saturated carbocycles. The maximum absolute atomic E-state index is 13.5. The van der Waals surface area contributed by atoms with Gasteiger partial charge in [0, 0.05) is 22.2 Å². The second kappa shape index (κ2) is 7.39. The van der Waals surface area contributed by atoms with Gasteiger partial charge in [0.1, 0.15) is 0 Å². The first-order chi connectivity index (χ1) is 14.9. The number of benzene rings is 2. The summed E-state index contributed by atoms with van der Waals surface area (Å²) in [6.07, 6.45) is 1.69. The summed E-state index contributed by atoms with van der Waals surface area (Å²) in [5.41, 5.74) is 1.45. The van der Waals surface area contributed by atoms with Crippen molar-refractivity contribution in [3.8, 4) is 0 Å². The van der Waals surface area contributed by atoms with Crippen LogP contribution in [0.2, 0.25) is 5.02 Å². The van der Waals surface area contributed by atoms with Gasteiger partial charge in [0.15, 0.2) is 11.6 Å². The normalized spacial score (nSPS) is 27.5. The summed E-state index contributed by atoms with van der Waals surface area (Å²) < 4.78 is 0. The highest BCUT2D eigenvalue weighted by Gasteiger charge is 2.64. The summed E-state index contributed by atoms with van der Waals surface area (Å²) in [6.45, 7) is 2.17. The Morgan fingerprint density at radius 2 is 1.52 bits per heavy atom. The lowest BCUT2D eigenvalue weighted by atomic mass is 9.85. The molecule has 0 bridgehead atoms. The molecule has 0 aromatic heterocycles. The number of nitrogens with zero attached hydrogens (tertiary/aromatic N) is 2. The van der Waals surface area contributed by atoms with E-state index in [1.54, 1.807) is 48.5 Å². The third kappa shape index (κ3) is 3.05. The lowest BCUT2D eigenvalue weighted by molar-refractivity contribution is -0.123. The minimum atomic E-state index is -0.700. The average Bonchev–Trinajstić information content (AvgIpc) is 3.40. The van der Waals surface area contributed by atoms with Crippen LogP contribution in [0.15, 0.2) is 48.5 Å². The van der Waals surface area contributed by atoms with Crippen molar-refractivity contribution < 1.29 is 19.2 Å². The standard InChI is InChI=1S/C24H21ClN2O4/c1-13(28)14-6-10-17(11-7-14)27-23(30)19-18-3-2-12-26(18)21(20(19)24(27)31)22(29)15-4-8-16(25)9-5-15/h4-11,18-21H,2-3,12H2,1H3/t18-,19-,20+,21-/m1/s1. The van der Waals surface area contributed by atoms with Crippen LogP contribution >= 0.6 is 11.6 Å². The first kappa shape index (κ1) is 20.1. The summed E-state index contributed by atoms with van der Waals surface area (Å²) in [4.78, 5) is 55.2. The van der Waals surface area contributed by atoms with Gasteiger partial charge in [-0.25, -0.2) is 4.90 Å². The Labute approximate surface area is 184 Å². The zero-order valence-electron chi connectivity index (χ0n) is 17.0. The number of hydrogen-bond donors (Lipinski definition) is 0. The molecule has 0 unspecified atom stereocenters. The van der Waals surface area contributed by atoms with Gasteiger partial charge >= 0.3 is 0 Å². The topological polar surface area (TPSA) is 74.8 Å². The van der Waals surface area contributed by atoms with Gasteiger partial charge in [-0.05, 0) is 74.8 Å². The van der Waals surface area contributed by atoms with E-state index in [1.165, 1.54) is 11.8 Å². The maximum atomic E-state index is 13.5. The van der Waals surface area contributed by atoms with Gasteiger partial charge in [0.2, 0.25) is 11.8 Å². The second-order valence-electron chi connectivity index (χ2n) is 8.43. The van der Waals surface area contributed by atoms with Crippen molar-refractivity contribution in [2.45, 2.75) is 31.8 Å². The zero-order chi connectivity index (χ0) is 21.9.